The Morgan fingerprint density at radius 2 is 2.16 bits per heavy atom. The molecular weight excluding hydrogens is 260 g/mol. The maximum Gasteiger partial charge on any atom is 0.253 e. The molecule has 1 saturated heterocycles. The van der Waals surface area contributed by atoms with E-state index in [9.17, 15) is 4.79 Å². The molecule has 1 fully saturated rings. The molecule has 2 rings (SSSR count). The number of halogens is 1. The Hall–Kier alpha value is -1.06. The van der Waals surface area contributed by atoms with Crippen molar-refractivity contribution in [2.75, 3.05) is 19.6 Å². The first-order valence-electron chi connectivity index (χ1n) is 6.99. The molecule has 0 bridgehead atoms. The molecule has 104 valence electrons. The number of rotatable bonds is 5. The topological polar surface area (TPSA) is 32.3 Å². The highest BCUT2D eigenvalue weighted by Crippen LogP contribution is 2.14. The number of carbonyl (C=O) groups excluding carboxylic acids is 1. The average molecular weight is 281 g/mol. The fourth-order valence-electron chi connectivity index (χ4n) is 2.50. The van der Waals surface area contributed by atoms with Gasteiger partial charge in [0.1, 0.15) is 0 Å². The van der Waals surface area contributed by atoms with Crippen molar-refractivity contribution in [2.24, 2.45) is 0 Å². The Labute approximate surface area is 119 Å². The van der Waals surface area contributed by atoms with Gasteiger partial charge in [0.15, 0.2) is 0 Å². The van der Waals surface area contributed by atoms with E-state index in [1.165, 1.54) is 6.42 Å². The number of amides is 1. The van der Waals surface area contributed by atoms with E-state index >= 15 is 0 Å². The van der Waals surface area contributed by atoms with E-state index in [0.717, 1.165) is 38.0 Å². The molecule has 0 aromatic heterocycles. The zero-order valence-electron chi connectivity index (χ0n) is 11.4. The first kappa shape index (κ1) is 14.4. The monoisotopic (exact) mass is 280 g/mol. The number of benzene rings is 1. The molecule has 19 heavy (non-hydrogen) atoms. The zero-order valence-corrected chi connectivity index (χ0v) is 12.1. The smallest absolute Gasteiger partial charge is 0.253 e. The van der Waals surface area contributed by atoms with Crippen molar-refractivity contribution in [3.8, 4) is 0 Å². The molecule has 0 radical (unpaired) electrons. The predicted molar refractivity (Wildman–Crippen MR) is 78.7 cm³/mol. The minimum Gasteiger partial charge on any atom is -0.337 e. The molecule has 0 aliphatic carbocycles. The quantitative estimate of drug-likeness (QED) is 0.899. The van der Waals surface area contributed by atoms with E-state index in [2.05, 4.69) is 12.2 Å². The number of hydrogen-bond donors (Lipinski definition) is 1. The summed E-state index contributed by atoms with van der Waals surface area (Å²) in [5.41, 5.74) is 0.718. The summed E-state index contributed by atoms with van der Waals surface area (Å²) >= 11 is 5.86. The minimum absolute atomic E-state index is 0.104. The Morgan fingerprint density at radius 3 is 2.74 bits per heavy atom. The Morgan fingerprint density at radius 1 is 1.42 bits per heavy atom. The Bertz CT molecular complexity index is 413. The van der Waals surface area contributed by atoms with Crippen LogP contribution in [0.25, 0.3) is 0 Å². The third kappa shape index (κ3) is 3.95. The number of nitrogens with one attached hydrogen (secondary N) is 1. The third-order valence-corrected chi connectivity index (χ3v) is 3.73. The summed E-state index contributed by atoms with van der Waals surface area (Å²) in [5, 5.41) is 4.11. The van der Waals surface area contributed by atoms with Gasteiger partial charge in [-0.3, -0.25) is 4.79 Å². The summed E-state index contributed by atoms with van der Waals surface area (Å²) < 4.78 is 0. The van der Waals surface area contributed by atoms with Crippen molar-refractivity contribution >= 4 is 17.5 Å². The van der Waals surface area contributed by atoms with Gasteiger partial charge in [0.2, 0.25) is 0 Å². The van der Waals surface area contributed by atoms with Crippen LogP contribution < -0.4 is 5.32 Å². The van der Waals surface area contributed by atoms with Crippen LogP contribution in [0.5, 0.6) is 0 Å². The molecule has 1 unspecified atom stereocenters. The maximum absolute atomic E-state index is 12.5. The van der Waals surface area contributed by atoms with Crippen LogP contribution in [-0.4, -0.2) is 36.5 Å². The Kier molecular flexibility index (Phi) is 5.23. The number of nitrogens with zero attached hydrogens (tertiary/aromatic N) is 1. The molecule has 1 aliphatic rings. The van der Waals surface area contributed by atoms with Gasteiger partial charge in [-0.25, -0.2) is 0 Å². The van der Waals surface area contributed by atoms with E-state index < -0.39 is 0 Å². The Balaban J connectivity index is 2.04. The summed E-state index contributed by atoms with van der Waals surface area (Å²) in [6.07, 6.45) is 3.35. The lowest BCUT2D eigenvalue weighted by atomic mass is 10.1. The van der Waals surface area contributed by atoms with Crippen molar-refractivity contribution in [1.82, 2.24) is 10.2 Å². The standard InChI is InChI=1S/C15H21ClN2O/c1-2-10-18(11-14-4-3-9-17-14)15(19)12-5-7-13(16)8-6-12/h5-8,14,17H,2-4,9-11H2,1H3. The maximum atomic E-state index is 12.5. The summed E-state index contributed by atoms with van der Waals surface area (Å²) in [6, 6.07) is 7.59. The van der Waals surface area contributed by atoms with Crippen LogP contribution in [0.4, 0.5) is 0 Å². The second kappa shape index (κ2) is 6.92. The molecule has 3 nitrogen and oxygen atoms in total. The molecule has 1 amide bonds. The highest BCUT2D eigenvalue weighted by atomic mass is 35.5. The van der Waals surface area contributed by atoms with Crippen LogP contribution in [0, 0.1) is 0 Å². The van der Waals surface area contributed by atoms with E-state index in [1.807, 2.05) is 4.90 Å². The first-order valence-corrected chi connectivity index (χ1v) is 7.36. The van der Waals surface area contributed by atoms with E-state index in [0.29, 0.717) is 11.1 Å². The molecule has 4 heteroatoms. The summed E-state index contributed by atoms with van der Waals surface area (Å²) in [5.74, 6) is 0.104. The van der Waals surface area contributed by atoms with Gasteiger partial charge in [0, 0.05) is 29.7 Å². The molecule has 1 N–H and O–H groups in total. The lowest BCUT2D eigenvalue weighted by Crippen LogP contribution is -2.41. The lowest BCUT2D eigenvalue weighted by molar-refractivity contribution is 0.0742. The second-order valence-corrected chi connectivity index (χ2v) is 5.49. The van der Waals surface area contributed by atoms with Crippen molar-refractivity contribution in [3.05, 3.63) is 34.9 Å². The lowest BCUT2D eigenvalue weighted by Gasteiger charge is -2.25. The average Bonchev–Trinajstić information content (AvgIpc) is 2.91. The van der Waals surface area contributed by atoms with Crippen molar-refractivity contribution in [2.45, 2.75) is 32.2 Å². The molecule has 1 aliphatic heterocycles. The zero-order chi connectivity index (χ0) is 13.7. The van der Waals surface area contributed by atoms with Gasteiger partial charge in [0.05, 0.1) is 0 Å². The van der Waals surface area contributed by atoms with Gasteiger partial charge in [-0.05, 0) is 50.1 Å². The van der Waals surface area contributed by atoms with Gasteiger partial charge in [0.25, 0.3) is 5.91 Å². The van der Waals surface area contributed by atoms with E-state index in [1.54, 1.807) is 24.3 Å². The molecule has 1 aromatic rings. The number of carbonyl (C=O) groups is 1. The summed E-state index contributed by atoms with van der Waals surface area (Å²) in [7, 11) is 0. The van der Waals surface area contributed by atoms with Crippen molar-refractivity contribution in [1.29, 1.82) is 0 Å². The highest BCUT2D eigenvalue weighted by molar-refractivity contribution is 6.30. The van der Waals surface area contributed by atoms with Crippen molar-refractivity contribution in [3.63, 3.8) is 0 Å². The van der Waals surface area contributed by atoms with Gasteiger partial charge < -0.3 is 10.2 Å². The fourth-order valence-corrected chi connectivity index (χ4v) is 2.63. The van der Waals surface area contributed by atoms with Crippen LogP contribution in [0.3, 0.4) is 0 Å². The fraction of sp³-hybridized carbons (Fsp3) is 0.533. The predicted octanol–water partition coefficient (Wildman–Crippen LogP) is 2.94. The van der Waals surface area contributed by atoms with Gasteiger partial charge in [-0.2, -0.15) is 0 Å². The normalized spacial score (nSPS) is 18.5. The van der Waals surface area contributed by atoms with Crippen LogP contribution in [0.2, 0.25) is 5.02 Å². The first-order chi connectivity index (χ1) is 9.20. The van der Waals surface area contributed by atoms with Crippen LogP contribution >= 0.6 is 11.6 Å². The minimum atomic E-state index is 0.104. The molecule has 0 spiro atoms. The molecule has 1 atom stereocenters. The molecule has 0 saturated carbocycles. The number of hydrogen-bond acceptors (Lipinski definition) is 2. The van der Waals surface area contributed by atoms with Crippen LogP contribution in [0.1, 0.15) is 36.5 Å². The van der Waals surface area contributed by atoms with Gasteiger partial charge in [-0.15, -0.1) is 0 Å². The SMILES string of the molecule is CCCN(CC1CCCN1)C(=O)c1ccc(Cl)cc1. The molecule has 1 heterocycles. The van der Waals surface area contributed by atoms with Crippen LogP contribution in [0.15, 0.2) is 24.3 Å². The summed E-state index contributed by atoms with van der Waals surface area (Å²) in [4.78, 5) is 14.4. The second-order valence-electron chi connectivity index (χ2n) is 5.05. The highest BCUT2D eigenvalue weighted by Gasteiger charge is 2.21. The van der Waals surface area contributed by atoms with Gasteiger partial charge in [-0.1, -0.05) is 18.5 Å². The third-order valence-electron chi connectivity index (χ3n) is 3.48. The van der Waals surface area contributed by atoms with Crippen molar-refractivity contribution < 1.29 is 4.79 Å². The van der Waals surface area contributed by atoms with Crippen LogP contribution in [-0.2, 0) is 0 Å². The van der Waals surface area contributed by atoms with E-state index in [4.69, 9.17) is 11.6 Å². The molecular formula is C15H21ClN2O. The largest absolute Gasteiger partial charge is 0.337 e. The van der Waals surface area contributed by atoms with E-state index in [-0.39, 0.29) is 5.91 Å². The van der Waals surface area contributed by atoms with Gasteiger partial charge >= 0.3 is 0 Å². The summed E-state index contributed by atoms with van der Waals surface area (Å²) in [6.45, 7) is 4.78. The molecule has 1 aromatic carbocycles.